The van der Waals surface area contributed by atoms with Gasteiger partial charge in [0, 0.05) is 12.1 Å². The lowest BCUT2D eigenvalue weighted by Gasteiger charge is -2.19. The number of hydrogen-bond donors (Lipinski definition) is 2. The maximum absolute atomic E-state index is 5.77. The van der Waals surface area contributed by atoms with E-state index in [9.17, 15) is 0 Å². The highest BCUT2D eigenvalue weighted by atomic mass is 15.4. The lowest BCUT2D eigenvalue weighted by atomic mass is 10.0. The average molecular weight is 275 g/mol. The second-order valence-electron chi connectivity index (χ2n) is 4.72. The van der Waals surface area contributed by atoms with Crippen LogP contribution in [0.2, 0.25) is 0 Å². The van der Waals surface area contributed by atoms with Crippen LogP contribution in [0.1, 0.15) is 49.0 Å². The number of rotatable bonds is 6. The van der Waals surface area contributed by atoms with Crippen LogP contribution in [0.3, 0.4) is 0 Å². The van der Waals surface area contributed by atoms with E-state index in [1.165, 1.54) is 0 Å². The van der Waals surface area contributed by atoms with Gasteiger partial charge in [0.25, 0.3) is 0 Å². The number of hydrogen-bond acceptors (Lipinski definition) is 6. The molecule has 20 heavy (non-hydrogen) atoms. The monoisotopic (exact) mass is 275 g/mol. The van der Waals surface area contributed by atoms with E-state index < -0.39 is 0 Å². The smallest absolute Gasteiger partial charge is 0.0913 e. The third-order valence-electron chi connectivity index (χ3n) is 3.22. The molecule has 2 aromatic rings. The summed E-state index contributed by atoms with van der Waals surface area (Å²) >= 11 is 0. The van der Waals surface area contributed by atoms with Crippen LogP contribution >= 0.6 is 0 Å². The number of nitrogens with two attached hydrogens (primary N) is 1. The van der Waals surface area contributed by atoms with Crippen molar-refractivity contribution in [1.29, 1.82) is 0 Å². The van der Waals surface area contributed by atoms with Crippen LogP contribution in [-0.4, -0.2) is 25.2 Å². The summed E-state index contributed by atoms with van der Waals surface area (Å²) in [7, 11) is 0. The Balaban J connectivity index is 2.46. The van der Waals surface area contributed by atoms with Gasteiger partial charge in [-0.1, -0.05) is 19.1 Å². The predicted octanol–water partition coefficient (Wildman–Crippen LogP) is 0.902. The van der Waals surface area contributed by atoms with E-state index in [0.717, 1.165) is 42.0 Å². The maximum atomic E-state index is 5.77. The molecule has 0 saturated carbocycles. The number of aryl methyl sites for hydroxylation is 3. The summed E-state index contributed by atoms with van der Waals surface area (Å²) in [6, 6.07) is 1.83. The van der Waals surface area contributed by atoms with Gasteiger partial charge < -0.3 is 0 Å². The third-order valence-corrected chi connectivity index (χ3v) is 3.22. The van der Waals surface area contributed by atoms with Gasteiger partial charge in [-0.15, -0.1) is 5.10 Å². The lowest BCUT2D eigenvalue weighted by molar-refractivity contribution is 0.508. The number of hydrazine groups is 1. The molecule has 0 aliphatic carbocycles. The first-order valence-corrected chi connectivity index (χ1v) is 6.88. The molecular weight excluding hydrogens is 254 g/mol. The van der Waals surface area contributed by atoms with Crippen LogP contribution in [0, 0.1) is 6.92 Å². The Bertz CT molecular complexity index is 564. The zero-order valence-corrected chi connectivity index (χ0v) is 12.2. The summed E-state index contributed by atoms with van der Waals surface area (Å²) in [6.07, 6.45) is 3.54. The van der Waals surface area contributed by atoms with Gasteiger partial charge in [0.1, 0.15) is 0 Å². The van der Waals surface area contributed by atoms with E-state index in [2.05, 4.69) is 39.8 Å². The zero-order valence-electron chi connectivity index (χ0n) is 12.2. The largest absolute Gasteiger partial charge is 0.271 e. The van der Waals surface area contributed by atoms with Gasteiger partial charge in [-0.3, -0.25) is 5.84 Å². The summed E-state index contributed by atoms with van der Waals surface area (Å²) in [5.74, 6) is 5.77. The highest BCUT2D eigenvalue weighted by molar-refractivity contribution is 5.30. The highest BCUT2D eigenvalue weighted by Gasteiger charge is 2.21. The molecule has 0 aliphatic heterocycles. The first-order chi connectivity index (χ1) is 9.71. The normalized spacial score (nSPS) is 12.6. The van der Waals surface area contributed by atoms with Crippen molar-refractivity contribution in [2.75, 3.05) is 0 Å². The quantitative estimate of drug-likeness (QED) is 0.601. The van der Waals surface area contributed by atoms with Gasteiger partial charge in [-0.25, -0.2) is 10.1 Å². The van der Waals surface area contributed by atoms with Crippen LogP contribution in [-0.2, 0) is 13.0 Å². The fourth-order valence-electron chi connectivity index (χ4n) is 2.27. The van der Waals surface area contributed by atoms with Crippen LogP contribution in [0.4, 0.5) is 0 Å². The molecule has 7 nitrogen and oxygen atoms in total. The number of nitrogens with one attached hydrogen (secondary N) is 1. The fraction of sp³-hybridized carbons (Fsp3) is 0.538. The molecule has 0 radical (unpaired) electrons. The van der Waals surface area contributed by atoms with E-state index in [-0.39, 0.29) is 6.04 Å². The van der Waals surface area contributed by atoms with E-state index in [1.54, 1.807) is 6.20 Å². The second-order valence-corrected chi connectivity index (χ2v) is 4.72. The summed E-state index contributed by atoms with van der Waals surface area (Å²) in [5.41, 5.74) is 6.62. The molecule has 0 spiro atoms. The second kappa shape index (κ2) is 6.53. The lowest BCUT2D eigenvalue weighted by Crippen LogP contribution is -2.32. The van der Waals surface area contributed by atoms with Crippen molar-refractivity contribution in [3.05, 3.63) is 34.9 Å². The van der Waals surface area contributed by atoms with Gasteiger partial charge in [-0.2, -0.15) is 10.2 Å². The predicted molar refractivity (Wildman–Crippen MR) is 75.6 cm³/mol. The van der Waals surface area contributed by atoms with Gasteiger partial charge in [0.05, 0.1) is 29.3 Å². The first kappa shape index (κ1) is 14.5. The van der Waals surface area contributed by atoms with Crippen molar-refractivity contribution in [1.82, 2.24) is 30.6 Å². The van der Waals surface area contributed by atoms with Crippen LogP contribution in [0.5, 0.6) is 0 Å². The molecule has 2 heterocycles. The number of aromatic nitrogens is 5. The Morgan fingerprint density at radius 2 is 2.15 bits per heavy atom. The highest BCUT2D eigenvalue weighted by Crippen LogP contribution is 2.23. The SMILES string of the molecule is CCCn1nncc1C(NN)c1cc(C)nnc1CC. The van der Waals surface area contributed by atoms with E-state index >= 15 is 0 Å². The molecule has 108 valence electrons. The first-order valence-electron chi connectivity index (χ1n) is 6.88. The van der Waals surface area contributed by atoms with Crippen LogP contribution in [0.25, 0.3) is 0 Å². The Morgan fingerprint density at radius 3 is 2.80 bits per heavy atom. The zero-order chi connectivity index (χ0) is 14.5. The topological polar surface area (TPSA) is 94.5 Å². The molecule has 0 aliphatic rings. The van der Waals surface area contributed by atoms with Gasteiger partial charge in [0.15, 0.2) is 0 Å². The van der Waals surface area contributed by atoms with E-state index in [4.69, 9.17) is 5.84 Å². The molecule has 7 heteroatoms. The Kier molecular flexibility index (Phi) is 4.75. The summed E-state index contributed by atoms with van der Waals surface area (Å²) in [4.78, 5) is 0. The van der Waals surface area contributed by atoms with Crippen molar-refractivity contribution in [3.63, 3.8) is 0 Å². The van der Waals surface area contributed by atoms with Crippen LogP contribution in [0.15, 0.2) is 12.3 Å². The van der Waals surface area contributed by atoms with Crippen molar-refractivity contribution < 1.29 is 0 Å². The Labute approximate surface area is 118 Å². The average Bonchev–Trinajstić information content (AvgIpc) is 2.89. The molecule has 0 bridgehead atoms. The molecule has 0 amide bonds. The summed E-state index contributed by atoms with van der Waals surface area (Å²) in [6.45, 7) is 6.89. The molecule has 2 rings (SSSR count). The van der Waals surface area contributed by atoms with E-state index in [0.29, 0.717) is 0 Å². The Hall–Kier alpha value is -1.86. The van der Waals surface area contributed by atoms with Crippen molar-refractivity contribution in [2.45, 2.75) is 46.2 Å². The van der Waals surface area contributed by atoms with E-state index in [1.807, 2.05) is 17.7 Å². The number of nitrogens with zero attached hydrogens (tertiary/aromatic N) is 5. The molecule has 0 fully saturated rings. The summed E-state index contributed by atoms with van der Waals surface area (Å²) in [5, 5.41) is 16.5. The fourth-order valence-corrected chi connectivity index (χ4v) is 2.27. The minimum atomic E-state index is -0.180. The van der Waals surface area contributed by atoms with Gasteiger partial charge in [-0.05, 0) is 25.8 Å². The van der Waals surface area contributed by atoms with Crippen molar-refractivity contribution in [3.8, 4) is 0 Å². The minimum absolute atomic E-state index is 0.180. The molecule has 1 unspecified atom stereocenters. The van der Waals surface area contributed by atoms with Gasteiger partial charge >= 0.3 is 0 Å². The molecule has 0 saturated heterocycles. The minimum Gasteiger partial charge on any atom is -0.271 e. The van der Waals surface area contributed by atoms with Gasteiger partial charge in [0.2, 0.25) is 0 Å². The molecule has 1 atom stereocenters. The summed E-state index contributed by atoms with van der Waals surface area (Å²) < 4.78 is 1.87. The Morgan fingerprint density at radius 1 is 1.35 bits per heavy atom. The van der Waals surface area contributed by atoms with Crippen molar-refractivity contribution >= 4 is 0 Å². The molecular formula is C13H21N7. The molecule has 2 aromatic heterocycles. The maximum Gasteiger partial charge on any atom is 0.0913 e. The molecule has 0 aromatic carbocycles. The van der Waals surface area contributed by atoms with Crippen molar-refractivity contribution in [2.24, 2.45) is 5.84 Å². The van der Waals surface area contributed by atoms with Crippen LogP contribution < -0.4 is 11.3 Å². The standard InChI is InChI=1S/C13H21N7/c1-4-6-20-12(8-15-19-20)13(16-14)10-7-9(3)17-18-11(10)5-2/h7-8,13,16H,4-6,14H2,1-3H3. The molecule has 3 N–H and O–H groups in total. The third kappa shape index (κ3) is 2.83.